The molecule has 2 atom stereocenters. The molecule has 0 spiro atoms. The van der Waals surface area contributed by atoms with Crippen LogP contribution in [0, 0.1) is 22.0 Å². The van der Waals surface area contributed by atoms with Crippen LogP contribution in [0.2, 0.25) is 0 Å². The summed E-state index contributed by atoms with van der Waals surface area (Å²) in [6.45, 7) is 5.74. The van der Waals surface area contributed by atoms with Gasteiger partial charge in [0.2, 0.25) is 5.91 Å². The van der Waals surface area contributed by atoms with Crippen LogP contribution in [0.1, 0.15) is 24.8 Å². The topological polar surface area (TPSA) is 91.6 Å². The van der Waals surface area contributed by atoms with Crippen molar-refractivity contribution < 1.29 is 9.72 Å². The lowest BCUT2D eigenvalue weighted by Crippen LogP contribution is -2.48. The second kappa shape index (κ2) is 11.2. The molecule has 1 aliphatic carbocycles. The maximum atomic E-state index is 12.4. The molecule has 1 aliphatic heterocycles. The first kappa shape index (κ1) is 24.4. The lowest BCUT2D eigenvalue weighted by atomic mass is 9.95. The minimum absolute atomic E-state index is 0.000436. The van der Waals surface area contributed by atoms with Crippen LogP contribution in [-0.2, 0) is 4.79 Å². The third kappa shape index (κ3) is 5.57. The summed E-state index contributed by atoms with van der Waals surface area (Å²) < 4.78 is 5.96. The number of amides is 1. The standard InChI is InChI=1S/C27H31N5O3S/c33-26(13-12-20-6-1-3-10-24(20)32(34)35)28-18-21-7-5-8-22(21)19-30-14-16-31(17-15-30)27-23-9-2-4-11-25(23)36-29-27/h1-4,6,9-13,21-22H,5,7-8,14-19H2,(H,28,33)/t21-,22-/m1/s1. The van der Waals surface area contributed by atoms with Crippen LogP contribution in [0.25, 0.3) is 16.2 Å². The number of carbonyl (C=O) groups excluding carboxylic acids is 1. The molecule has 0 bridgehead atoms. The quantitative estimate of drug-likeness (QED) is 0.274. The van der Waals surface area contributed by atoms with E-state index in [-0.39, 0.29) is 11.6 Å². The molecule has 188 valence electrons. The smallest absolute Gasteiger partial charge is 0.276 e. The fourth-order valence-corrected chi connectivity index (χ4v) is 6.24. The lowest BCUT2D eigenvalue weighted by Gasteiger charge is -2.37. The van der Waals surface area contributed by atoms with E-state index in [1.165, 1.54) is 41.1 Å². The molecular formula is C27H31N5O3S. The number of nitrogens with one attached hydrogen (secondary N) is 1. The third-order valence-corrected chi connectivity index (χ3v) is 8.24. The van der Waals surface area contributed by atoms with Crippen molar-refractivity contribution in [2.75, 3.05) is 44.2 Å². The first-order valence-electron chi connectivity index (χ1n) is 12.6. The first-order valence-corrected chi connectivity index (χ1v) is 13.4. The number of para-hydroxylation sites is 1. The molecule has 8 nitrogen and oxygen atoms in total. The van der Waals surface area contributed by atoms with E-state index in [2.05, 4.69) is 39.4 Å². The molecule has 1 saturated heterocycles. The Labute approximate surface area is 214 Å². The molecular weight excluding hydrogens is 474 g/mol. The lowest BCUT2D eigenvalue weighted by molar-refractivity contribution is -0.385. The first-order chi connectivity index (χ1) is 17.6. The van der Waals surface area contributed by atoms with Crippen molar-refractivity contribution in [2.45, 2.75) is 19.3 Å². The molecule has 0 unspecified atom stereocenters. The number of piperazine rings is 1. The predicted octanol–water partition coefficient (Wildman–Crippen LogP) is 4.57. The van der Waals surface area contributed by atoms with E-state index in [4.69, 9.17) is 4.37 Å². The summed E-state index contributed by atoms with van der Waals surface area (Å²) in [6, 6.07) is 14.9. The molecule has 3 aromatic rings. The number of nitrogens with zero attached hydrogens (tertiary/aromatic N) is 4. The SMILES string of the molecule is O=C(C=Cc1ccccc1[N+](=O)[O-])NC[C@H]1CCC[C@@H]1CN1CCN(c2nsc3ccccc23)CC1. The number of fused-ring (bicyclic) bond motifs is 1. The van der Waals surface area contributed by atoms with Crippen molar-refractivity contribution in [3.8, 4) is 0 Å². The van der Waals surface area contributed by atoms with Crippen LogP contribution >= 0.6 is 11.5 Å². The second-order valence-corrected chi connectivity index (χ2v) is 10.4. The Morgan fingerprint density at radius 3 is 2.67 bits per heavy atom. The fraction of sp³-hybridized carbons (Fsp3) is 0.407. The summed E-state index contributed by atoms with van der Waals surface area (Å²) in [6.07, 6.45) is 6.44. The number of aromatic nitrogens is 1. The van der Waals surface area contributed by atoms with Gasteiger partial charge in [-0.1, -0.05) is 30.7 Å². The van der Waals surface area contributed by atoms with Crippen LogP contribution in [0.5, 0.6) is 0 Å². The molecule has 36 heavy (non-hydrogen) atoms. The number of hydrogen-bond acceptors (Lipinski definition) is 7. The van der Waals surface area contributed by atoms with Crippen LogP contribution < -0.4 is 10.2 Å². The van der Waals surface area contributed by atoms with Crippen LogP contribution in [0.4, 0.5) is 11.5 Å². The Morgan fingerprint density at radius 1 is 1.08 bits per heavy atom. The van der Waals surface area contributed by atoms with Gasteiger partial charge in [-0.2, -0.15) is 4.37 Å². The van der Waals surface area contributed by atoms with Crippen molar-refractivity contribution in [2.24, 2.45) is 11.8 Å². The van der Waals surface area contributed by atoms with E-state index in [9.17, 15) is 14.9 Å². The monoisotopic (exact) mass is 505 g/mol. The van der Waals surface area contributed by atoms with Crippen LogP contribution in [-0.4, -0.2) is 59.4 Å². The van der Waals surface area contributed by atoms with Gasteiger partial charge in [-0.3, -0.25) is 19.8 Å². The molecule has 2 heterocycles. The van der Waals surface area contributed by atoms with Gasteiger partial charge in [-0.25, -0.2) is 0 Å². The zero-order chi connectivity index (χ0) is 24.9. The number of rotatable bonds is 8. The van der Waals surface area contributed by atoms with Crippen LogP contribution in [0.3, 0.4) is 0 Å². The highest BCUT2D eigenvalue weighted by atomic mass is 32.1. The number of nitro groups is 1. The maximum Gasteiger partial charge on any atom is 0.276 e. The molecule has 5 rings (SSSR count). The van der Waals surface area contributed by atoms with E-state index in [1.54, 1.807) is 29.7 Å². The predicted molar refractivity (Wildman–Crippen MR) is 144 cm³/mol. The molecule has 1 amide bonds. The highest BCUT2D eigenvalue weighted by Gasteiger charge is 2.30. The molecule has 2 fully saturated rings. The van der Waals surface area contributed by atoms with E-state index >= 15 is 0 Å². The fourth-order valence-electron chi connectivity index (χ4n) is 5.45. The molecule has 2 aliphatic rings. The van der Waals surface area contributed by atoms with Gasteiger partial charge in [0.1, 0.15) is 5.82 Å². The van der Waals surface area contributed by atoms with Crippen LogP contribution in [0.15, 0.2) is 54.6 Å². The Bertz CT molecular complexity index is 1250. The number of anilines is 1. The van der Waals surface area contributed by atoms with Gasteiger partial charge in [0, 0.05) is 56.8 Å². The van der Waals surface area contributed by atoms with Gasteiger partial charge < -0.3 is 10.2 Å². The number of nitro benzene ring substituents is 1. The van der Waals surface area contributed by atoms with Crippen molar-refractivity contribution in [1.29, 1.82) is 0 Å². The van der Waals surface area contributed by atoms with Crippen molar-refractivity contribution in [1.82, 2.24) is 14.6 Å². The largest absolute Gasteiger partial charge is 0.353 e. The number of hydrogen-bond donors (Lipinski definition) is 1. The van der Waals surface area contributed by atoms with Crippen molar-refractivity contribution in [3.05, 3.63) is 70.3 Å². The average molecular weight is 506 g/mol. The molecule has 1 saturated carbocycles. The van der Waals surface area contributed by atoms with Gasteiger partial charge >= 0.3 is 0 Å². The van der Waals surface area contributed by atoms with Gasteiger partial charge in [-0.05, 0) is 60.5 Å². The summed E-state index contributed by atoms with van der Waals surface area (Å²) in [5.74, 6) is 1.96. The highest BCUT2D eigenvalue weighted by Crippen LogP contribution is 2.33. The van der Waals surface area contributed by atoms with Crippen molar-refractivity contribution >= 4 is 45.1 Å². The Kier molecular flexibility index (Phi) is 7.58. The van der Waals surface area contributed by atoms with Gasteiger partial charge in [0.15, 0.2) is 0 Å². The maximum absolute atomic E-state index is 12.4. The van der Waals surface area contributed by atoms with E-state index < -0.39 is 4.92 Å². The van der Waals surface area contributed by atoms with Gasteiger partial charge in [0.25, 0.3) is 5.69 Å². The molecule has 9 heteroatoms. The molecule has 0 radical (unpaired) electrons. The average Bonchev–Trinajstić information content (AvgIpc) is 3.53. The van der Waals surface area contributed by atoms with E-state index in [1.807, 2.05) is 0 Å². The summed E-state index contributed by atoms with van der Waals surface area (Å²) in [4.78, 5) is 28.1. The molecule has 2 aromatic carbocycles. The minimum Gasteiger partial charge on any atom is -0.353 e. The van der Waals surface area contributed by atoms with E-state index in [0.29, 0.717) is 23.9 Å². The number of carbonyl (C=O) groups is 1. The Balaban J connectivity index is 1.10. The third-order valence-electron chi connectivity index (χ3n) is 7.43. The van der Waals surface area contributed by atoms with Gasteiger partial charge in [-0.15, -0.1) is 0 Å². The highest BCUT2D eigenvalue weighted by molar-refractivity contribution is 7.13. The summed E-state index contributed by atoms with van der Waals surface area (Å²) in [5, 5.41) is 15.4. The summed E-state index contributed by atoms with van der Waals surface area (Å²) in [5.41, 5.74) is 0.432. The molecule has 1 aromatic heterocycles. The van der Waals surface area contributed by atoms with Crippen molar-refractivity contribution in [3.63, 3.8) is 0 Å². The van der Waals surface area contributed by atoms with Gasteiger partial charge in [0.05, 0.1) is 15.2 Å². The Morgan fingerprint density at radius 2 is 1.83 bits per heavy atom. The second-order valence-electron chi connectivity index (χ2n) is 9.64. The van der Waals surface area contributed by atoms with E-state index in [0.717, 1.165) is 45.0 Å². The minimum atomic E-state index is -0.431. The normalized spacial score (nSPS) is 20.8. The molecule has 1 N–H and O–H groups in total. The Hall–Kier alpha value is -3.30. The zero-order valence-corrected chi connectivity index (χ0v) is 21.0. The summed E-state index contributed by atoms with van der Waals surface area (Å²) >= 11 is 1.57. The summed E-state index contributed by atoms with van der Waals surface area (Å²) in [7, 11) is 0. The zero-order valence-electron chi connectivity index (χ0n) is 20.2. The number of benzene rings is 2.